The van der Waals surface area contributed by atoms with Gasteiger partial charge in [0.2, 0.25) is 11.8 Å². The highest BCUT2D eigenvalue weighted by atomic mass is 16.2. The van der Waals surface area contributed by atoms with E-state index in [1.807, 2.05) is 30.9 Å². The fraction of sp³-hybridized carbons (Fsp3) is 0.552. The molecule has 6 heteroatoms. The first-order valence-corrected chi connectivity index (χ1v) is 12.8. The van der Waals surface area contributed by atoms with Gasteiger partial charge in [0.1, 0.15) is 0 Å². The molecule has 0 unspecified atom stereocenters. The fourth-order valence-electron chi connectivity index (χ4n) is 5.91. The van der Waals surface area contributed by atoms with Crippen LogP contribution in [-0.4, -0.2) is 53.8 Å². The molecule has 6 nitrogen and oxygen atoms in total. The normalized spacial score (nSPS) is 24.8. The van der Waals surface area contributed by atoms with Gasteiger partial charge >= 0.3 is 0 Å². The van der Waals surface area contributed by atoms with Gasteiger partial charge in [0.25, 0.3) is 0 Å². The number of hydrogen-bond donors (Lipinski definition) is 1. The molecule has 1 aliphatic heterocycles. The van der Waals surface area contributed by atoms with Crippen LogP contribution in [0.15, 0.2) is 54.9 Å². The van der Waals surface area contributed by atoms with Crippen molar-refractivity contribution in [2.45, 2.75) is 64.5 Å². The lowest BCUT2D eigenvalue weighted by Gasteiger charge is -2.49. The van der Waals surface area contributed by atoms with Crippen LogP contribution in [-0.2, 0) is 21.7 Å². The van der Waals surface area contributed by atoms with Gasteiger partial charge in [0.15, 0.2) is 0 Å². The maximum Gasteiger partial charge on any atom is 0.225 e. The molecule has 4 rings (SSSR count). The summed E-state index contributed by atoms with van der Waals surface area (Å²) in [6, 6.07) is 14.6. The topological polar surface area (TPSA) is 65.5 Å². The van der Waals surface area contributed by atoms with Crippen LogP contribution in [0.5, 0.6) is 0 Å². The molecule has 1 aliphatic carbocycles. The van der Waals surface area contributed by atoms with Crippen molar-refractivity contribution in [3.8, 4) is 0 Å². The van der Waals surface area contributed by atoms with E-state index >= 15 is 0 Å². The molecule has 2 fully saturated rings. The maximum absolute atomic E-state index is 13.0. The summed E-state index contributed by atoms with van der Waals surface area (Å²) in [6.45, 7) is 5.88. The lowest BCUT2D eigenvalue weighted by molar-refractivity contribution is -0.132. The summed E-state index contributed by atoms with van der Waals surface area (Å²) in [5.74, 6) is 0.266. The highest BCUT2D eigenvalue weighted by Gasteiger charge is 2.50. The summed E-state index contributed by atoms with van der Waals surface area (Å²) >= 11 is 0. The molecule has 0 atom stereocenters. The Balaban J connectivity index is 1.33. The summed E-state index contributed by atoms with van der Waals surface area (Å²) in [7, 11) is 4.36. The molecule has 2 amide bonds. The number of rotatable bonds is 8. The highest BCUT2D eigenvalue weighted by molar-refractivity contribution is 5.82. The van der Waals surface area contributed by atoms with Gasteiger partial charge in [-0.05, 0) is 74.9 Å². The zero-order valence-electron chi connectivity index (χ0n) is 21.7. The van der Waals surface area contributed by atoms with Crippen LogP contribution in [0.2, 0.25) is 0 Å². The van der Waals surface area contributed by atoms with Crippen molar-refractivity contribution in [2.24, 2.45) is 10.8 Å². The van der Waals surface area contributed by atoms with E-state index in [4.69, 9.17) is 0 Å². The van der Waals surface area contributed by atoms with Crippen molar-refractivity contribution in [1.29, 1.82) is 0 Å². The quantitative estimate of drug-likeness (QED) is 0.615. The van der Waals surface area contributed by atoms with Crippen molar-refractivity contribution in [3.63, 3.8) is 0 Å². The first-order chi connectivity index (χ1) is 16.7. The van der Waals surface area contributed by atoms with Crippen molar-refractivity contribution >= 4 is 11.8 Å². The second-order valence-electron chi connectivity index (χ2n) is 11.5. The summed E-state index contributed by atoms with van der Waals surface area (Å²) < 4.78 is 0. The Morgan fingerprint density at radius 1 is 1.06 bits per heavy atom. The van der Waals surface area contributed by atoms with Gasteiger partial charge in [-0.3, -0.25) is 19.5 Å². The van der Waals surface area contributed by atoms with Crippen molar-refractivity contribution in [3.05, 3.63) is 66.0 Å². The molecule has 1 saturated carbocycles. The van der Waals surface area contributed by atoms with Crippen molar-refractivity contribution in [2.75, 3.05) is 27.2 Å². The molecule has 2 aliphatic rings. The molecule has 2 heterocycles. The Morgan fingerprint density at radius 2 is 1.71 bits per heavy atom. The molecule has 0 bridgehead atoms. The van der Waals surface area contributed by atoms with Crippen molar-refractivity contribution in [1.82, 2.24) is 20.1 Å². The average molecular weight is 477 g/mol. The summed E-state index contributed by atoms with van der Waals surface area (Å²) in [5, 5.41) is 3.04. The van der Waals surface area contributed by atoms with Crippen LogP contribution in [0, 0.1) is 10.8 Å². The summed E-state index contributed by atoms with van der Waals surface area (Å²) in [5.41, 5.74) is 1.97. The number of carbonyl (C=O) groups excluding carboxylic acids is 2. The molecule has 2 aromatic rings. The average Bonchev–Trinajstić information content (AvgIpc) is 3.17. The van der Waals surface area contributed by atoms with Crippen LogP contribution in [0.25, 0.3) is 0 Å². The maximum atomic E-state index is 13.0. The molecule has 35 heavy (non-hydrogen) atoms. The van der Waals surface area contributed by atoms with Gasteiger partial charge in [-0.25, -0.2) is 0 Å². The number of benzene rings is 1. The first-order valence-electron chi connectivity index (χ1n) is 12.8. The fourth-order valence-corrected chi connectivity index (χ4v) is 5.91. The van der Waals surface area contributed by atoms with E-state index in [-0.39, 0.29) is 22.8 Å². The van der Waals surface area contributed by atoms with E-state index in [0.717, 1.165) is 37.8 Å². The minimum absolute atomic E-state index is 0.0203. The third kappa shape index (κ3) is 5.43. The number of aromatic nitrogens is 1. The van der Waals surface area contributed by atoms with E-state index in [2.05, 4.69) is 59.6 Å². The van der Waals surface area contributed by atoms with E-state index in [0.29, 0.717) is 25.9 Å². The minimum Gasteiger partial charge on any atom is -0.352 e. The van der Waals surface area contributed by atoms with Crippen LogP contribution >= 0.6 is 0 Å². The molecule has 1 N–H and O–H groups in total. The van der Waals surface area contributed by atoms with Crippen LogP contribution in [0.4, 0.5) is 0 Å². The third-order valence-electron chi connectivity index (χ3n) is 8.53. The lowest BCUT2D eigenvalue weighted by atomic mass is 9.64. The Morgan fingerprint density at radius 3 is 2.34 bits per heavy atom. The Bertz CT molecular complexity index is 1010. The van der Waals surface area contributed by atoms with Crippen LogP contribution in [0.3, 0.4) is 0 Å². The van der Waals surface area contributed by atoms with Crippen molar-refractivity contribution < 1.29 is 9.59 Å². The molecule has 1 aromatic heterocycles. The molecule has 0 radical (unpaired) electrons. The van der Waals surface area contributed by atoms with E-state index < -0.39 is 5.41 Å². The number of amides is 2. The highest BCUT2D eigenvalue weighted by Crippen LogP contribution is 2.52. The second kappa shape index (κ2) is 10.1. The van der Waals surface area contributed by atoms with E-state index in [9.17, 15) is 9.59 Å². The number of hydrogen-bond acceptors (Lipinski definition) is 4. The van der Waals surface area contributed by atoms with E-state index in [1.54, 1.807) is 12.4 Å². The monoisotopic (exact) mass is 476 g/mol. The van der Waals surface area contributed by atoms with Gasteiger partial charge in [-0.2, -0.15) is 0 Å². The molecule has 1 spiro atoms. The summed E-state index contributed by atoms with van der Waals surface area (Å²) in [6.07, 6.45) is 8.99. The summed E-state index contributed by atoms with van der Waals surface area (Å²) in [4.78, 5) is 34.3. The minimum atomic E-state index is -0.539. The zero-order chi connectivity index (χ0) is 25.1. The predicted octanol–water partition coefficient (Wildman–Crippen LogP) is 4.36. The molecular weight excluding hydrogens is 436 g/mol. The van der Waals surface area contributed by atoms with Gasteiger partial charge in [0, 0.05) is 49.4 Å². The first kappa shape index (κ1) is 25.4. The second-order valence-corrected chi connectivity index (χ2v) is 11.5. The van der Waals surface area contributed by atoms with Crippen LogP contribution in [0.1, 0.15) is 63.5 Å². The van der Waals surface area contributed by atoms with Gasteiger partial charge < -0.3 is 10.2 Å². The third-order valence-corrected chi connectivity index (χ3v) is 8.53. The Hall–Kier alpha value is -2.73. The van der Waals surface area contributed by atoms with E-state index in [1.165, 1.54) is 5.56 Å². The number of pyridine rings is 1. The van der Waals surface area contributed by atoms with Gasteiger partial charge in [0.05, 0.1) is 0 Å². The molecule has 1 saturated heterocycles. The molecule has 188 valence electrons. The number of likely N-dealkylation sites (tertiary alicyclic amines) is 1. The van der Waals surface area contributed by atoms with Gasteiger partial charge in [-0.15, -0.1) is 0 Å². The Labute approximate surface area is 210 Å². The number of carbonyl (C=O) groups is 2. The van der Waals surface area contributed by atoms with Gasteiger partial charge in [-0.1, -0.05) is 44.2 Å². The zero-order valence-corrected chi connectivity index (χ0v) is 21.7. The lowest BCUT2D eigenvalue weighted by Crippen LogP contribution is -2.47. The molecule has 1 aromatic carbocycles. The smallest absolute Gasteiger partial charge is 0.225 e. The Kier molecular flexibility index (Phi) is 7.32. The largest absolute Gasteiger partial charge is 0.352 e. The standard InChI is InChI=1S/C29H40N4O2/c1-27(2,26(35)31-21-23-10-17-30-18-11-23)16-19-33-22-28(20-25(33)34)12-14-29(15-13-28,32(3)4)24-8-6-5-7-9-24/h5-11,17-18H,12-16,19-22H2,1-4H3,(H,31,35)/t28-,29-. The SMILES string of the molecule is CN(C)[C@]1(c2ccccc2)CC[C@@]2(CC1)CC(=O)N(CCC(C)(C)C(=O)NCc1ccncc1)C2. The predicted molar refractivity (Wildman–Crippen MR) is 138 cm³/mol. The van der Waals surface area contributed by atoms with Crippen LogP contribution < -0.4 is 5.32 Å². The number of nitrogens with zero attached hydrogens (tertiary/aromatic N) is 3. The number of nitrogens with one attached hydrogen (secondary N) is 1. The molecular formula is C29H40N4O2.